The molecule has 0 aliphatic rings. The van der Waals surface area contributed by atoms with Crippen molar-refractivity contribution in [2.45, 2.75) is 78.1 Å². The lowest BCUT2D eigenvalue weighted by Crippen LogP contribution is -2.25. The predicted molar refractivity (Wildman–Crippen MR) is 77.8 cm³/mol. The monoisotopic (exact) mass is 248 g/mol. The van der Waals surface area contributed by atoms with E-state index in [0.29, 0.717) is 0 Å². The third-order valence-electron chi connectivity index (χ3n) is 3.79. The van der Waals surface area contributed by atoms with Gasteiger partial charge in [-0.15, -0.1) is 0 Å². The van der Waals surface area contributed by atoms with Crippen LogP contribution in [0.5, 0.6) is 0 Å². The van der Waals surface area contributed by atoms with E-state index in [2.05, 4.69) is 37.7 Å². The van der Waals surface area contributed by atoms with Crippen LogP contribution >= 0.6 is 0 Å². The summed E-state index contributed by atoms with van der Waals surface area (Å²) in [6.45, 7) is 8.97. The zero-order valence-electron chi connectivity index (χ0n) is 12.5. The minimum absolute atomic E-state index is 0.163. The van der Waals surface area contributed by atoms with Crippen LogP contribution in [0, 0.1) is 0 Å². The predicted octanol–water partition coefficient (Wildman–Crippen LogP) is 4.68. The molecule has 1 atom stereocenters. The van der Waals surface area contributed by atoms with E-state index in [1.54, 1.807) is 0 Å². The van der Waals surface area contributed by atoms with Crippen LogP contribution in [-0.2, 0) is 11.8 Å². The lowest BCUT2D eigenvalue weighted by Gasteiger charge is -2.27. The summed E-state index contributed by atoms with van der Waals surface area (Å²) in [6.07, 6.45) is 12.5. The Balaban J connectivity index is 2.80. The molecule has 0 radical (unpaired) electrons. The second-order valence-corrected chi connectivity index (χ2v) is 5.54. The van der Waals surface area contributed by atoms with Gasteiger partial charge >= 0.3 is 0 Å². The van der Waals surface area contributed by atoms with E-state index in [4.69, 9.17) is 0 Å². The molecule has 2 heteroatoms. The molecule has 0 spiro atoms. The van der Waals surface area contributed by atoms with Crippen molar-refractivity contribution >= 4 is 0 Å². The van der Waals surface area contributed by atoms with Crippen molar-refractivity contribution in [3.8, 4) is 0 Å². The first kappa shape index (κ1) is 15.1. The number of unbranched alkanes of at least 4 members (excludes halogenated alkanes) is 2. The lowest BCUT2D eigenvalue weighted by molar-refractivity contribution is 0.358. The normalized spacial score (nSPS) is 14.4. The largest absolute Gasteiger partial charge is 0.241 e. The summed E-state index contributed by atoms with van der Waals surface area (Å²) >= 11 is 0. The maximum Gasteiger partial charge on any atom is 0.134 e. The second-order valence-electron chi connectivity index (χ2n) is 5.54. The van der Waals surface area contributed by atoms with Crippen molar-refractivity contribution in [1.29, 1.82) is 0 Å². The molecule has 0 aromatic carbocycles. The average Bonchev–Trinajstić information content (AvgIpc) is 2.39. The Labute approximate surface area is 112 Å². The molecule has 0 saturated heterocycles. The van der Waals surface area contributed by atoms with Crippen molar-refractivity contribution in [3.05, 3.63) is 23.8 Å². The minimum Gasteiger partial charge on any atom is -0.241 e. The second kappa shape index (κ2) is 7.50. The van der Waals surface area contributed by atoms with Gasteiger partial charge in [0, 0.05) is 17.8 Å². The van der Waals surface area contributed by atoms with E-state index in [9.17, 15) is 0 Å². The Morgan fingerprint density at radius 3 is 2.11 bits per heavy atom. The molecule has 18 heavy (non-hydrogen) atoms. The number of aryl methyl sites for hydroxylation is 1. The molecule has 1 heterocycles. The lowest BCUT2D eigenvalue weighted by atomic mass is 9.79. The Morgan fingerprint density at radius 2 is 1.61 bits per heavy atom. The highest BCUT2D eigenvalue weighted by molar-refractivity contribution is 5.11. The summed E-state index contributed by atoms with van der Waals surface area (Å²) < 4.78 is 0. The fourth-order valence-corrected chi connectivity index (χ4v) is 2.51. The van der Waals surface area contributed by atoms with Gasteiger partial charge in [0.15, 0.2) is 0 Å². The van der Waals surface area contributed by atoms with Gasteiger partial charge < -0.3 is 0 Å². The van der Waals surface area contributed by atoms with E-state index in [-0.39, 0.29) is 5.41 Å². The number of nitrogens with zero attached hydrogens (tertiary/aromatic N) is 2. The summed E-state index contributed by atoms with van der Waals surface area (Å²) in [6, 6.07) is 0. The SMILES string of the molecule is CCCCCC(C)(CCC)c1ncc(CC)cn1. The van der Waals surface area contributed by atoms with Crippen molar-refractivity contribution in [1.82, 2.24) is 9.97 Å². The van der Waals surface area contributed by atoms with E-state index in [1.807, 2.05) is 12.4 Å². The van der Waals surface area contributed by atoms with Crippen molar-refractivity contribution in [3.63, 3.8) is 0 Å². The van der Waals surface area contributed by atoms with Crippen LogP contribution in [0.25, 0.3) is 0 Å². The zero-order valence-corrected chi connectivity index (χ0v) is 12.5. The molecule has 1 aromatic rings. The average molecular weight is 248 g/mol. The number of rotatable bonds is 8. The summed E-state index contributed by atoms with van der Waals surface area (Å²) in [7, 11) is 0. The maximum absolute atomic E-state index is 4.61. The molecule has 0 aliphatic heterocycles. The van der Waals surface area contributed by atoms with Crippen molar-refractivity contribution in [2.75, 3.05) is 0 Å². The third kappa shape index (κ3) is 4.08. The van der Waals surface area contributed by atoms with Crippen molar-refractivity contribution < 1.29 is 0 Å². The first-order valence-corrected chi connectivity index (χ1v) is 7.47. The summed E-state index contributed by atoms with van der Waals surface area (Å²) in [5.74, 6) is 1.04. The maximum atomic E-state index is 4.61. The highest BCUT2D eigenvalue weighted by atomic mass is 14.9. The molecule has 0 bridgehead atoms. The van der Waals surface area contributed by atoms with Crippen LogP contribution in [0.15, 0.2) is 12.4 Å². The Morgan fingerprint density at radius 1 is 0.944 bits per heavy atom. The summed E-state index contributed by atoms with van der Waals surface area (Å²) in [5, 5.41) is 0. The summed E-state index contributed by atoms with van der Waals surface area (Å²) in [5.41, 5.74) is 1.39. The Kier molecular flexibility index (Phi) is 6.31. The number of aromatic nitrogens is 2. The van der Waals surface area contributed by atoms with E-state index < -0.39 is 0 Å². The number of hydrogen-bond acceptors (Lipinski definition) is 2. The number of hydrogen-bond donors (Lipinski definition) is 0. The molecule has 1 unspecified atom stereocenters. The van der Waals surface area contributed by atoms with Crippen LogP contribution in [0.4, 0.5) is 0 Å². The molecule has 102 valence electrons. The molecule has 0 saturated carbocycles. The molecule has 0 fully saturated rings. The van der Waals surface area contributed by atoms with Gasteiger partial charge in [-0.05, 0) is 24.8 Å². The molecule has 0 aliphatic carbocycles. The highest BCUT2D eigenvalue weighted by Crippen LogP contribution is 2.32. The van der Waals surface area contributed by atoms with Gasteiger partial charge in [0.2, 0.25) is 0 Å². The van der Waals surface area contributed by atoms with Gasteiger partial charge in [-0.3, -0.25) is 0 Å². The smallest absolute Gasteiger partial charge is 0.134 e. The van der Waals surface area contributed by atoms with Crippen LogP contribution in [0.1, 0.15) is 77.6 Å². The van der Waals surface area contributed by atoms with Gasteiger partial charge in [-0.1, -0.05) is 53.4 Å². The molecule has 0 amide bonds. The quantitative estimate of drug-likeness (QED) is 0.624. The fourth-order valence-electron chi connectivity index (χ4n) is 2.51. The van der Waals surface area contributed by atoms with Crippen molar-refractivity contribution in [2.24, 2.45) is 0 Å². The molecule has 2 nitrogen and oxygen atoms in total. The highest BCUT2D eigenvalue weighted by Gasteiger charge is 2.28. The molecule has 1 rings (SSSR count). The van der Waals surface area contributed by atoms with Crippen LogP contribution in [0.3, 0.4) is 0 Å². The molecular formula is C16H28N2. The van der Waals surface area contributed by atoms with Crippen LogP contribution in [-0.4, -0.2) is 9.97 Å². The Hall–Kier alpha value is -0.920. The van der Waals surface area contributed by atoms with Gasteiger partial charge in [0.05, 0.1) is 0 Å². The van der Waals surface area contributed by atoms with Crippen LogP contribution in [0.2, 0.25) is 0 Å². The van der Waals surface area contributed by atoms with Gasteiger partial charge in [0.1, 0.15) is 5.82 Å². The van der Waals surface area contributed by atoms with Gasteiger partial charge in [0.25, 0.3) is 0 Å². The standard InChI is InChI=1S/C16H28N2/c1-5-8-9-11-16(4,10-6-2)15-17-12-14(7-3)13-18-15/h12-13H,5-11H2,1-4H3. The topological polar surface area (TPSA) is 25.8 Å². The molecular weight excluding hydrogens is 220 g/mol. The minimum atomic E-state index is 0.163. The molecule has 1 aromatic heterocycles. The van der Waals surface area contributed by atoms with E-state index in [0.717, 1.165) is 12.2 Å². The third-order valence-corrected chi connectivity index (χ3v) is 3.79. The fraction of sp³-hybridized carbons (Fsp3) is 0.750. The van der Waals surface area contributed by atoms with Gasteiger partial charge in [-0.2, -0.15) is 0 Å². The van der Waals surface area contributed by atoms with Gasteiger partial charge in [-0.25, -0.2) is 9.97 Å². The first-order chi connectivity index (χ1) is 8.66. The summed E-state index contributed by atoms with van der Waals surface area (Å²) in [4.78, 5) is 9.22. The zero-order chi connectivity index (χ0) is 13.4. The molecule has 0 N–H and O–H groups in total. The van der Waals surface area contributed by atoms with E-state index >= 15 is 0 Å². The van der Waals surface area contributed by atoms with E-state index in [1.165, 1.54) is 44.1 Å². The first-order valence-electron chi connectivity index (χ1n) is 7.47. The Bertz CT molecular complexity index is 331. The van der Waals surface area contributed by atoms with Crippen LogP contribution < -0.4 is 0 Å².